The van der Waals surface area contributed by atoms with Crippen LogP contribution >= 0.6 is 11.8 Å². The molecule has 0 amide bonds. The Labute approximate surface area is 121 Å². The number of anilines is 2. The van der Waals surface area contributed by atoms with E-state index in [0.29, 0.717) is 5.69 Å². The predicted molar refractivity (Wildman–Crippen MR) is 79.8 cm³/mol. The molecule has 0 fully saturated rings. The molecule has 0 spiro atoms. The van der Waals surface area contributed by atoms with Crippen LogP contribution in [0.5, 0.6) is 0 Å². The van der Waals surface area contributed by atoms with Crippen LogP contribution in [0.15, 0.2) is 52.3 Å². The van der Waals surface area contributed by atoms with Gasteiger partial charge in [0, 0.05) is 10.6 Å². The minimum absolute atomic E-state index is 0.126. The maximum Gasteiger partial charge on any atom is 0.266 e. The van der Waals surface area contributed by atoms with Crippen LogP contribution in [0.3, 0.4) is 0 Å². The molecule has 3 N–H and O–H groups in total. The zero-order valence-corrected chi connectivity index (χ0v) is 12.3. The molecular formula is C13H13FN2O2S2. The molecule has 2 aromatic rings. The van der Waals surface area contributed by atoms with E-state index in [1.165, 1.54) is 23.9 Å². The monoisotopic (exact) mass is 312 g/mol. The number of nitrogen functional groups attached to an aromatic ring is 1. The lowest BCUT2D eigenvalue weighted by atomic mass is 10.3. The van der Waals surface area contributed by atoms with Crippen LogP contribution in [0, 0.1) is 5.82 Å². The summed E-state index contributed by atoms with van der Waals surface area (Å²) in [6.45, 7) is 0. The number of hydrogen-bond donors (Lipinski definition) is 2. The number of nitrogens with one attached hydrogen (secondary N) is 1. The number of halogens is 1. The smallest absolute Gasteiger partial charge is 0.266 e. The van der Waals surface area contributed by atoms with Gasteiger partial charge in [-0.3, -0.25) is 4.72 Å². The fraction of sp³-hybridized carbons (Fsp3) is 0.0769. The maximum atomic E-state index is 13.7. The van der Waals surface area contributed by atoms with Gasteiger partial charge in [0.1, 0.15) is 10.7 Å². The first-order chi connectivity index (χ1) is 9.44. The minimum atomic E-state index is -4.06. The molecule has 7 heteroatoms. The Morgan fingerprint density at radius 3 is 2.55 bits per heavy atom. The van der Waals surface area contributed by atoms with Crippen molar-refractivity contribution in [1.29, 1.82) is 0 Å². The fourth-order valence-corrected chi connectivity index (χ4v) is 3.40. The topological polar surface area (TPSA) is 72.2 Å². The van der Waals surface area contributed by atoms with Gasteiger partial charge in [-0.2, -0.15) is 0 Å². The molecule has 0 aromatic heterocycles. The molecule has 4 nitrogen and oxygen atoms in total. The zero-order chi connectivity index (χ0) is 14.8. The van der Waals surface area contributed by atoms with E-state index in [0.717, 1.165) is 11.0 Å². The van der Waals surface area contributed by atoms with Crippen LogP contribution in [-0.4, -0.2) is 14.7 Å². The average molecular weight is 312 g/mol. The van der Waals surface area contributed by atoms with Crippen molar-refractivity contribution in [1.82, 2.24) is 0 Å². The molecule has 2 rings (SSSR count). The Kier molecular flexibility index (Phi) is 4.20. The van der Waals surface area contributed by atoms with Crippen molar-refractivity contribution in [2.75, 3.05) is 16.7 Å². The first kappa shape index (κ1) is 14.7. The second-order valence-corrected chi connectivity index (χ2v) is 6.49. The highest BCUT2D eigenvalue weighted by molar-refractivity contribution is 7.98. The standard InChI is InChI=1S/C13H13FN2O2S2/c1-19-10-5-2-4-9(8-10)16-20(17,18)13-11(14)6-3-7-12(13)15/h2-8,16H,15H2,1H3. The lowest BCUT2D eigenvalue weighted by Gasteiger charge is -2.11. The van der Waals surface area contributed by atoms with E-state index in [9.17, 15) is 12.8 Å². The molecule has 2 aromatic carbocycles. The van der Waals surface area contributed by atoms with E-state index in [1.54, 1.807) is 18.2 Å². The molecular weight excluding hydrogens is 299 g/mol. The van der Waals surface area contributed by atoms with Crippen molar-refractivity contribution in [3.63, 3.8) is 0 Å². The molecule has 0 atom stereocenters. The van der Waals surface area contributed by atoms with Crippen molar-refractivity contribution >= 4 is 33.2 Å². The Morgan fingerprint density at radius 2 is 1.90 bits per heavy atom. The summed E-state index contributed by atoms with van der Waals surface area (Å²) in [5.41, 5.74) is 5.79. The largest absolute Gasteiger partial charge is 0.398 e. The van der Waals surface area contributed by atoms with E-state index in [1.807, 2.05) is 12.3 Å². The van der Waals surface area contributed by atoms with Gasteiger partial charge < -0.3 is 5.73 Å². The summed E-state index contributed by atoms with van der Waals surface area (Å²) in [5.74, 6) is -0.876. The van der Waals surface area contributed by atoms with Crippen molar-refractivity contribution < 1.29 is 12.8 Å². The van der Waals surface area contributed by atoms with Crippen LogP contribution in [-0.2, 0) is 10.0 Å². The molecule has 0 saturated heterocycles. The molecule has 0 unspecified atom stereocenters. The average Bonchev–Trinajstić information content (AvgIpc) is 2.37. The van der Waals surface area contributed by atoms with Crippen LogP contribution in [0.25, 0.3) is 0 Å². The SMILES string of the molecule is CSc1cccc(NS(=O)(=O)c2c(N)cccc2F)c1. The molecule has 0 aliphatic rings. The van der Waals surface area contributed by atoms with Crippen LogP contribution in [0.1, 0.15) is 0 Å². The van der Waals surface area contributed by atoms with Gasteiger partial charge in [-0.25, -0.2) is 12.8 Å². The highest BCUT2D eigenvalue weighted by Gasteiger charge is 2.22. The molecule has 0 aliphatic carbocycles. The summed E-state index contributed by atoms with van der Waals surface area (Å²) in [5, 5.41) is 0. The highest BCUT2D eigenvalue weighted by Crippen LogP contribution is 2.26. The van der Waals surface area contributed by atoms with Crippen LogP contribution in [0.2, 0.25) is 0 Å². The summed E-state index contributed by atoms with van der Waals surface area (Å²) in [6, 6.07) is 10.6. The zero-order valence-electron chi connectivity index (χ0n) is 10.6. The normalized spacial score (nSPS) is 11.3. The van der Waals surface area contributed by atoms with Gasteiger partial charge in [0.05, 0.1) is 5.69 Å². The van der Waals surface area contributed by atoms with Crippen molar-refractivity contribution in [3.8, 4) is 0 Å². The molecule has 0 radical (unpaired) electrons. The number of sulfonamides is 1. The third-order valence-electron chi connectivity index (χ3n) is 2.59. The molecule has 0 bridgehead atoms. The third-order valence-corrected chi connectivity index (χ3v) is 4.79. The van der Waals surface area contributed by atoms with Gasteiger partial charge in [-0.05, 0) is 36.6 Å². The van der Waals surface area contributed by atoms with E-state index < -0.39 is 20.7 Å². The first-order valence-electron chi connectivity index (χ1n) is 5.65. The maximum absolute atomic E-state index is 13.7. The van der Waals surface area contributed by atoms with Gasteiger partial charge in [0.15, 0.2) is 0 Å². The van der Waals surface area contributed by atoms with E-state index in [2.05, 4.69) is 4.72 Å². The fourth-order valence-electron chi connectivity index (χ4n) is 1.70. The number of hydrogen-bond acceptors (Lipinski definition) is 4. The summed E-state index contributed by atoms with van der Waals surface area (Å²) in [6.07, 6.45) is 1.88. The van der Waals surface area contributed by atoms with Gasteiger partial charge in [-0.1, -0.05) is 12.1 Å². The highest BCUT2D eigenvalue weighted by atomic mass is 32.2. The second-order valence-electron chi connectivity index (χ2n) is 4.00. The number of thioether (sulfide) groups is 1. The lowest BCUT2D eigenvalue weighted by Crippen LogP contribution is -2.16. The minimum Gasteiger partial charge on any atom is -0.398 e. The van der Waals surface area contributed by atoms with Gasteiger partial charge in [0.2, 0.25) is 0 Å². The van der Waals surface area contributed by atoms with E-state index >= 15 is 0 Å². The molecule has 20 heavy (non-hydrogen) atoms. The van der Waals surface area contributed by atoms with Gasteiger partial charge in [0.25, 0.3) is 10.0 Å². The van der Waals surface area contributed by atoms with Gasteiger partial charge in [-0.15, -0.1) is 11.8 Å². The Hall–Kier alpha value is -1.73. The Morgan fingerprint density at radius 1 is 1.20 bits per heavy atom. The predicted octanol–water partition coefficient (Wildman–Crippen LogP) is 2.93. The lowest BCUT2D eigenvalue weighted by molar-refractivity contribution is 0.572. The summed E-state index contributed by atoms with van der Waals surface area (Å²) in [7, 11) is -4.06. The summed E-state index contributed by atoms with van der Waals surface area (Å²) < 4.78 is 40.4. The Bertz CT molecular complexity index is 713. The number of benzene rings is 2. The second kappa shape index (κ2) is 5.72. The van der Waals surface area contributed by atoms with Crippen molar-refractivity contribution in [3.05, 3.63) is 48.3 Å². The van der Waals surface area contributed by atoms with Gasteiger partial charge >= 0.3 is 0 Å². The first-order valence-corrected chi connectivity index (χ1v) is 8.35. The third kappa shape index (κ3) is 3.05. The van der Waals surface area contributed by atoms with Crippen LogP contribution in [0.4, 0.5) is 15.8 Å². The molecule has 0 saturated carbocycles. The molecule has 0 heterocycles. The number of nitrogens with two attached hydrogens (primary N) is 1. The van der Waals surface area contributed by atoms with Crippen molar-refractivity contribution in [2.45, 2.75) is 9.79 Å². The Balaban J connectivity index is 2.41. The van der Waals surface area contributed by atoms with E-state index in [4.69, 9.17) is 5.73 Å². The summed E-state index contributed by atoms with van der Waals surface area (Å²) >= 11 is 1.48. The molecule has 106 valence electrons. The van der Waals surface area contributed by atoms with Crippen LogP contribution < -0.4 is 10.5 Å². The van der Waals surface area contributed by atoms with Crippen molar-refractivity contribution in [2.24, 2.45) is 0 Å². The number of rotatable bonds is 4. The molecule has 0 aliphatic heterocycles. The quantitative estimate of drug-likeness (QED) is 0.672. The summed E-state index contributed by atoms with van der Waals surface area (Å²) in [4.78, 5) is 0.362. The van der Waals surface area contributed by atoms with E-state index in [-0.39, 0.29) is 5.69 Å².